The highest BCUT2D eigenvalue weighted by Crippen LogP contribution is 2.23. The number of carbonyl (C=O) groups excluding carboxylic acids is 1. The second kappa shape index (κ2) is 5.88. The van der Waals surface area contributed by atoms with Gasteiger partial charge in [0.25, 0.3) is 0 Å². The fourth-order valence-electron chi connectivity index (χ4n) is 2.90. The van der Waals surface area contributed by atoms with Crippen LogP contribution in [0.25, 0.3) is 0 Å². The van der Waals surface area contributed by atoms with Gasteiger partial charge in [-0.1, -0.05) is 0 Å². The molecule has 2 heterocycles. The number of benzene rings is 1. The number of amides is 1. The summed E-state index contributed by atoms with van der Waals surface area (Å²) >= 11 is 0. The summed E-state index contributed by atoms with van der Waals surface area (Å²) in [4.78, 5) is 13.4. The highest BCUT2D eigenvalue weighted by molar-refractivity contribution is 7.92. The minimum Gasteiger partial charge on any atom is -0.312 e. The molecule has 0 aliphatic carbocycles. The molecule has 3 rings (SSSR count). The zero-order chi connectivity index (χ0) is 16.7. The monoisotopic (exact) mass is 358 g/mol. The van der Waals surface area contributed by atoms with Gasteiger partial charge < -0.3 is 4.90 Å². The number of sulfonamides is 1. The molecular formula is C14H18N2O5S2. The Morgan fingerprint density at radius 1 is 1.17 bits per heavy atom. The second-order valence-corrected chi connectivity index (χ2v) is 9.81. The Morgan fingerprint density at radius 3 is 2.39 bits per heavy atom. The van der Waals surface area contributed by atoms with Crippen molar-refractivity contribution < 1.29 is 21.6 Å². The summed E-state index contributed by atoms with van der Waals surface area (Å²) in [5.74, 6) is -0.113. The van der Waals surface area contributed by atoms with E-state index in [2.05, 4.69) is 4.72 Å². The molecule has 1 N–H and O–H groups in total. The fourth-order valence-corrected chi connectivity index (χ4v) is 5.95. The molecule has 126 valence electrons. The Hall–Kier alpha value is -1.45. The van der Waals surface area contributed by atoms with Gasteiger partial charge in [-0.3, -0.25) is 4.79 Å². The second-order valence-electron chi connectivity index (χ2n) is 5.86. The molecule has 2 saturated heterocycles. The topological polar surface area (TPSA) is 101 Å². The molecule has 23 heavy (non-hydrogen) atoms. The maximum Gasteiger partial charge on any atom is 0.240 e. The summed E-state index contributed by atoms with van der Waals surface area (Å²) in [7, 11) is -6.91. The van der Waals surface area contributed by atoms with Crippen molar-refractivity contribution in [2.24, 2.45) is 0 Å². The maximum atomic E-state index is 12.3. The van der Waals surface area contributed by atoms with Crippen LogP contribution in [0.4, 0.5) is 5.69 Å². The fraction of sp³-hybridized carbons (Fsp3) is 0.500. The van der Waals surface area contributed by atoms with Crippen molar-refractivity contribution in [3.8, 4) is 0 Å². The minimum absolute atomic E-state index is 0.0101. The largest absolute Gasteiger partial charge is 0.312 e. The lowest BCUT2D eigenvalue weighted by molar-refractivity contribution is -0.117. The van der Waals surface area contributed by atoms with E-state index in [1.807, 2.05) is 0 Å². The number of nitrogens with one attached hydrogen (secondary N) is 1. The molecule has 0 saturated carbocycles. The van der Waals surface area contributed by atoms with Crippen LogP contribution in [-0.2, 0) is 24.7 Å². The third-order valence-electron chi connectivity index (χ3n) is 4.09. The van der Waals surface area contributed by atoms with Crippen molar-refractivity contribution in [2.45, 2.75) is 30.2 Å². The smallest absolute Gasteiger partial charge is 0.240 e. The zero-order valence-electron chi connectivity index (χ0n) is 12.4. The lowest BCUT2D eigenvalue weighted by atomic mass is 10.3. The van der Waals surface area contributed by atoms with E-state index in [4.69, 9.17) is 0 Å². The molecule has 1 aromatic carbocycles. The number of sulfone groups is 1. The maximum absolute atomic E-state index is 12.3. The van der Waals surface area contributed by atoms with E-state index in [1.54, 1.807) is 17.0 Å². The first-order valence-corrected chi connectivity index (χ1v) is 10.7. The van der Waals surface area contributed by atoms with Gasteiger partial charge in [0.15, 0.2) is 9.84 Å². The van der Waals surface area contributed by atoms with Gasteiger partial charge in [-0.05, 0) is 37.1 Å². The van der Waals surface area contributed by atoms with Crippen LogP contribution in [0.5, 0.6) is 0 Å². The van der Waals surface area contributed by atoms with Crippen LogP contribution in [0, 0.1) is 0 Å². The number of anilines is 1. The summed E-state index contributed by atoms with van der Waals surface area (Å²) in [5.41, 5.74) is 0.676. The number of hydrogen-bond donors (Lipinski definition) is 1. The van der Waals surface area contributed by atoms with E-state index in [1.165, 1.54) is 12.1 Å². The normalized spacial score (nSPS) is 24.3. The summed E-state index contributed by atoms with van der Waals surface area (Å²) in [5, 5.41) is 0. The molecule has 0 unspecified atom stereocenters. The number of nitrogens with zero attached hydrogens (tertiary/aromatic N) is 1. The molecule has 0 spiro atoms. The van der Waals surface area contributed by atoms with Gasteiger partial charge in [0.1, 0.15) is 0 Å². The Bertz CT molecular complexity index is 815. The lowest BCUT2D eigenvalue weighted by Gasteiger charge is -2.16. The van der Waals surface area contributed by atoms with Gasteiger partial charge >= 0.3 is 0 Å². The summed E-state index contributed by atoms with van der Waals surface area (Å²) in [6.45, 7) is 0.642. The van der Waals surface area contributed by atoms with Gasteiger partial charge in [0.05, 0.1) is 16.4 Å². The van der Waals surface area contributed by atoms with Crippen LogP contribution in [0.15, 0.2) is 29.2 Å². The standard InChI is InChI=1S/C14H18N2O5S2/c17-14-2-1-8-16(14)12-3-5-13(6-4-12)23(20,21)15-11-7-9-22(18,19)10-11/h3-6,11,15H,1-2,7-10H2/t11-/m0/s1. The van der Waals surface area contributed by atoms with Crippen molar-refractivity contribution in [3.05, 3.63) is 24.3 Å². The summed E-state index contributed by atoms with van der Waals surface area (Å²) in [6.07, 6.45) is 1.61. The summed E-state index contributed by atoms with van der Waals surface area (Å²) < 4.78 is 49.9. The minimum atomic E-state index is -3.77. The average molecular weight is 358 g/mol. The molecule has 1 amide bonds. The van der Waals surface area contributed by atoms with Gasteiger partial charge in [-0.15, -0.1) is 0 Å². The predicted octanol–water partition coefficient (Wildman–Crippen LogP) is 0.279. The van der Waals surface area contributed by atoms with E-state index in [0.29, 0.717) is 25.1 Å². The molecule has 7 nitrogen and oxygen atoms in total. The van der Waals surface area contributed by atoms with Crippen LogP contribution >= 0.6 is 0 Å². The van der Waals surface area contributed by atoms with Crippen molar-refractivity contribution in [2.75, 3.05) is 23.0 Å². The van der Waals surface area contributed by atoms with Gasteiger partial charge in [0.2, 0.25) is 15.9 Å². The molecule has 1 aromatic rings. The third-order valence-corrected chi connectivity index (χ3v) is 7.39. The van der Waals surface area contributed by atoms with Crippen molar-refractivity contribution in [3.63, 3.8) is 0 Å². The van der Waals surface area contributed by atoms with E-state index in [9.17, 15) is 21.6 Å². The quantitative estimate of drug-likeness (QED) is 0.833. The molecule has 0 bridgehead atoms. The SMILES string of the molecule is O=C1CCCN1c1ccc(S(=O)(=O)N[C@H]2CCS(=O)(=O)C2)cc1. The number of carbonyl (C=O) groups is 1. The predicted molar refractivity (Wildman–Crippen MR) is 85.4 cm³/mol. The first-order valence-electron chi connectivity index (χ1n) is 7.40. The van der Waals surface area contributed by atoms with E-state index in [-0.39, 0.29) is 22.3 Å². The molecule has 9 heteroatoms. The zero-order valence-corrected chi connectivity index (χ0v) is 14.1. The van der Waals surface area contributed by atoms with Crippen LogP contribution in [0.3, 0.4) is 0 Å². The Kier molecular flexibility index (Phi) is 4.19. The number of hydrogen-bond acceptors (Lipinski definition) is 5. The Morgan fingerprint density at radius 2 is 1.87 bits per heavy atom. The lowest BCUT2D eigenvalue weighted by Crippen LogP contribution is -2.35. The average Bonchev–Trinajstić information content (AvgIpc) is 3.04. The van der Waals surface area contributed by atoms with E-state index >= 15 is 0 Å². The Labute approximate surface area is 135 Å². The van der Waals surface area contributed by atoms with Crippen molar-refractivity contribution >= 4 is 31.5 Å². The third kappa shape index (κ3) is 3.56. The van der Waals surface area contributed by atoms with Gasteiger partial charge in [-0.25, -0.2) is 21.6 Å². The van der Waals surface area contributed by atoms with Crippen LogP contribution in [0.1, 0.15) is 19.3 Å². The van der Waals surface area contributed by atoms with E-state index in [0.717, 1.165) is 6.42 Å². The van der Waals surface area contributed by atoms with Crippen LogP contribution in [-0.4, -0.2) is 46.8 Å². The molecule has 2 fully saturated rings. The van der Waals surface area contributed by atoms with Gasteiger partial charge in [-0.2, -0.15) is 0 Å². The van der Waals surface area contributed by atoms with E-state index < -0.39 is 25.9 Å². The van der Waals surface area contributed by atoms with Crippen molar-refractivity contribution in [1.29, 1.82) is 0 Å². The molecule has 0 radical (unpaired) electrons. The highest BCUT2D eigenvalue weighted by Gasteiger charge is 2.31. The molecular weight excluding hydrogens is 340 g/mol. The van der Waals surface area contributed by atoms with Gasteiger partial charge in [0, 0.05) is 24.7 Å². The molecule has 0 aromatic heterocycles. The van der Waals surface area contributed by atoms with Crippen LogP contribution in [0.2, 0.25) is 0 Å². The first kappa shape index (κ1) is 16.4. The molecule has 1 atom stereocenters. The highest BCUT2D eigenvalue weighted by atomic mass is 32.2. The first-order chi connectivity index (χ1) is 10.8. The van der Waals surface area contributed by atoms with Crippen molar-refractivity contribution in [1.82, 2.24) is 4.72 Å². The molecule has 2 aliphatic heterocycles. The Balaban J connectivity index is 1.74. The summed E-state index contributed by atoms with van der Waals surface area (Å²) in [6, 6.07) is 5.50. The molecule has 2 aliphatic rings. The van der Waals surface area contributed by atoms with Crippen LogP contribution < -0.4 is 9.62 Å². The number of rotatable bonds is 4.